The van der Waals surface area contributed by atoms with E-state index in [0.29, 0.717) is 0 Å². The minimum atomic E-state index is 0. The van der Waals surface area contributed by atoms with Crippen LogP contribution in [0, 0.1) is 13.8 Å². The minimum Gasteiger partial charge on any atom is -1.00 e. The van der Waals surface area contributed by atoms with Crippen LogP contribution >= 0.6 is 11.3 Å². The van der Waals surface area contributed by atoms with Gasteiger partial charge in [-0.25, -0.2) is 0 Å². The van der Waals surface area contributed by atoms with Crippen LogP contribution in [0.1, 0.15) is 21.1 Å². The maximum atomic E-state index is 9.03. The summed E-state index contributed by atoms with van der Waals surface area (Å²) in [5.41, 5.74) is 2.60. The van der Waals surface area contributed by atoms with Crippen LogP contribution in [0.5, 0.6) is 0 Å². The maximum absolute atomic E-state index is 9.03. The zero-order valence-electron chi connectivity index (χ0n) is 10.7. The number of rotatable bonds is 4. The average Bonchev–Trinajstić information content (AvgIpc) is 2.59. The predicted octanol–water partition coefficient (Wildman–Crippen LogP) is -0.760. The van der Waals surface area contributed by atoms with Crippen molar-refractivity contribution < 1.29 is 22.1 Å². The Labute approximate surface area is 118 Å². The summed E-state index contributed by atoms with van der Waals surface area (Å²) in [6.45, 7) is 5.42. The summed E-state index contributed by atoms with van der Waals surface area (Å²) in [7, 11) is 0. The lowest BCUT2D eigenvalue weighted by Crippen LogP contribution is -3.00. The largest absolute Gasteiger partial charge is 1.00 e. The second-order valence-corrected chi connectivity index (χ2v) is 5.46. The quantitative estimate of drug-likeness (QED) is 0.733. The third-order valence-electron chi connectivity index (χ3n) is 2.98. The maximum Gasteiger partial charge on any atom is 0.234 e. The number of aliphatic hydroxyl groups excluding tert-OH is 1. The summed E-state index contributed by atoms with van der Waals surface area (Å²) in [4.78, 5) is 1.29. The first-order chi connectivity index (χ1) is 8.22. The summed E-state index contributed by atoms with van der Waals surface area (Å²) < 4.78 is 2.32. The Morgan fingerprint density at radius 2 is 1.83 bits per heavy atom. The van der Waals surface area contributed by atoms with Gasteiger partial charge in [-0.15, -0.1) is 0 Å². The fourth-order valence-electron chi connectivity index (χ4n) is 2.02. The van der Waals surface area contributed by atoms with Crippen LogP contribution in [-0.2, 0) is 13.0 Å². The number of hydrogen-bond donors (Lipinski definition) is 1. The normalized spacial score (nSPS) is 10.2. The number of hydrogen-bond acceptors (Lipinski definition) is 2. The predicted molar refractivity (Wildman–Crippen MR) is 70.3 cm³/mol. The lowest BCUT2D eigenvalue weighted by molar-refractivity contribution is -0.695. The summed E-state index contributed by atoms with van der Waals surface area (Å²) in [6, 6.07) is 10.5. The number of halogens is 1. The van der Waals surface area contributed by atoms with E-state index in [9.17, 15) is 0 Å². The van der Waals surface area contributed by atoms with Crippen LogP contribution in [-0.4, -0.2) is 11.7 Å². The van der Waals surface area contributed by atoms with Gasteiger partial charge in [0, 0.05) is 32.4 Å². The number of aryl methyl sites for hydroxylation is 1. The van der Waals surface area contributed by atoms with Gasteiger partial charge in [0.2, 0.25) is 5.01 Å². The molecule has 1 aromatic carbocycles. The monoisotopic (exact) mass is 283 g/mol. The van der Waals surface area contributed by atoms with Gasteiger partial charge < -0.3 is 17.5 Å². The average molecular weight is 284 g/mol. The zero-order valence-corrected chi connectivity index (χ0v) is 12.3. The Morgan fingerprint density at radius 1 is 1.17 bits per heavy atom. The molecule has 0 aliphatic carbocycles. The Balaban J connectivity index is 0.00000162. The molecule has 0 aliphatic heterocycles. The number of benzene rings is 1. The summed E-state index contributed by atoms with van der Waals surface area (Å²) in [6.07, 6.45) is 0.763. The molecule has 0 aliphatic rings. The van der Waals surface area contributed by atoms with Gasteiger partial charge in [0.25, 0.3) is 0 Å². The van der Waals surface area contributed by atoms with Gasteiger partial charge in [-0.1, -0.05) is 41.7 Å². The molecule has 0 spiro atoms. The summed E-state index contributed by atoms with van der Waals surface area (Å²) in [5.74, 6) is 0. The Bertz CT molecular complexity index is 496. The SMILES string of the molecule is Cc1sc(CCO)c(C)[n+]1Cc1ccccc1.[Cl-]. The van der Waals surface area contributed by atoms with Gasteiger partial charge in [-0.05, 0) is 0 Å². The molecule has 0 amide bonds. The molecule has 1 N–H and O–H groups in total. The molecule has 0 saturated carbocycles. The second kappa shape index (κ2) is 6.88. The molecule has 2 rings (SSSR count). The van der Waals surface area contributed by atoms with E-state index in [0.717, 1.165) is 13.0 Å². The van der Waals surface area contributed by atoms with Gasteiger partial charge in [0.1, 0.15) is 0 Å². The smallest absolute Gasteiger partial charge is 0.234 e. The van der Waals surface area contributed by atoms with E-state index < -0.39 is 0 Å². The third-order valence-corrected chi connectivity index (χ3v) is 4.24. The standard InChI is InChI=1S/C14H18NOS.ClH/c1-11-14(8-9-16)17-12(2)15(11)10-13-6-4-3-5-7-13;/h3-7,16H,8-10H2,1-2H3;1H/q+1;/p-1. The van der Waals surface area contributed by atoms with E-state index in [4.69, 9.17) is 5.11 Å². The van der Waals surface area contributed by atoms with E-state index in [1.54, 1.807) is 11.3 Å². The molecular weight excluding hydrogens is 266 g/mol. The van der Waals surface area contributed by atoms with Crippen LogP contribution in [0.15, 0.2) is 30.3 Å². The molecule has 0 bridgehead atoms. The first-order valence-electron chi connectivity index (χ1n) is 5.86. The summed E-state index contributed by atoms with van der Waals surface area (Å²) >= 11 is 1.79. The van der Waals surface area contributed by atoms with Crippen LogP contribution < -0.4 is 17.0 Å². The molecule has 0 radical (unpaired) electrons. The first-order valence-corrected chi connectivity index (χ1v) is 6.67. The van der Waals surface area contributed by atoms with E-state index in [1.165, 1.54) is 21.1 Å². The molecule has 98 valence electrons. The molecule has 1 heterocycles. The zero-order chi connectivity index (χ0) is 12.3. The van der Waals surface area contributed by atoms with Crippen molar-refractivity contribution in [3.8, 4) is 0 Å². The third kappa shape index (κ3) is 3.31. The molecule has 0 atom stereocenters. The van der Waals surface area contributed by atoms with Gasteiger partial charge in [0.15, 0.2) is 12.2 Å². The number of aromatic nitrogens is 1. The van der Waals surface area contributed by atoms with Crippen molar-refractivity contribution >= 4 is 11.3 Å². The van der Waals surface area contributed by atoms with E-state index >= 15 is 0 Å². The lowest BCUT2D eigenvalue weighted by Gasteiger charge is -1.98. The fraction of sp³-hybridized carbons (Fsp3) is 0.357. The van der Waals surface area contributed by atoms with Crippen LogP contribution in [0.4, 0.5) is 0 Å². The minimum absolute atomic E-state index is 0. The molecule has 4 heteroatoms. The van der Waals surface area contributed by atoms with E-state index in [1.807, 2.05) is 6.07 Å². The molecule has 0 fully saturated rings. The molecule has 0 saturated heterocycles. The van der Waals surface area contributed by atoms with Crippen molar-refractivity contribution in [2.45, 2.75) is 26.8 Å². The fourth-order valence-corrected chi connectivity index (χ4v) is 3.14. The van der Waals surface area contributed by atoms with Gasteiger partial charge >= 0.3 is 0 Å². The molecule has 2 nitrogen and oxygen atoms in total. The number of nitrogens with zero attached hydrogens (tertiary/aromatic N) is 1. The highest BCUT2D eigenvalue weighted by Gasteiger charge is 2.19. The van der Waals surface area contributed by atoms with Crippen molar-refractivity contribution in [3.63, 3.8) is 0 Å². The molecule has 0 unspecified atom stereocenters. The number of aliphatic hydroxyl groups is 1. The van der Waals surface area contributed by atoms with Crippen molar-refractivity contribution in [2.24, 2.45) is 0 Å². The van der Waals surface area contributed by atoms with Gasteiger partial charge in [0.05, 0.1) is 4.88 Å². The number of thiazole rings is 1. The van der Waals surface area contributed by atoms with E-state index in [2.05, 4.69) is 42.7 Å². The van der Waals surface area contributed by atoms with Gasteiger partial charge in [-0.2, -0.15) is 4.57 Å². The van der Waals surface area contributed by atoms with Crippen molar-refractivity contribution in [2.75, 3.05) is 6.61 Å². The van der Waals surface area contributed by atoms with Gasteiger partial charge in [-0.3, -0.25) is 0 Å². The van der Waals surface area contributed by atoms with Crippen LogP contribution in [0.2, 0.25) is 0 Å². The van der Waals surface area contributed by atoms with Crippen molar-refractivity contribution in [1.82, 2.24) is 0 Å². The van der Waals surface area contributed by atoms with Crippen LogP contribution in [0.25, 0.3) is 0 Å². The molecular formula is C14H18ClNOS. The molecule has 1 aromatic heterocycles. The highest BCUT2D eigenvalue weighted by atomic mass is 35.5. The Kier molecular flexibility index (Phi) is 5.79. The lowest BCUT2D eigenvalue weighted by atomic mass is 10.2. The van der Waals surface area contributed by atoms with E-state index in [-0.39, 0.29) is 19.0 Å². The molecule has 18 heavy (non-hydrogen) atoms. The molecule has 2 aromatic rings. The van der Waals surface area contributed by atoms with Crippen LogP contribution in [0.3, 0.4) is 0 Å². The van der Waals surface area contributed by atoms with Crippen molar-refractivity contribution in [3.05, 3.63) is 51.5 Å². The summed E-state index contributed by atoms with van der Waals surface area (Å²) in [5, 5.41) is 10.3. The first kappa shape index (κ1) is 15.2. The van der Waals surface area contributed by atoms with Crippen molar-refractivity contribution in [1.29, 1.82) is 0 Å². The topological polar surface area (TPSA) is 24.1 Å². The Morgan fingerprint density at radius 3 is 2.44 bits per heavy atom. The highest BCUT2D eigenvalue weighted by molar-refractivity contribution is 7.11. The second-order valence-electron chi connectivity index (χ2n) is 4.18. The highest BCUT2D eigenvalue weighted by Crippen LogP contribution is 2.16. The Hall–Kier alpha value is -0.900.